The lowest BCUT2D eigenvalue weighted by molar-refractivity contribution is 0.0529. The summed E-state index contributed by atoms with van der Waals surface area (Å²) >= 11 is 0. The highest BCUT2D eigenvalue weighted by molar-refractivity contribution is 6.01. The second-order valence-corrected chi connectivity index (χ2v) is 4.20. The maximum Gasteiger partial charge on any atom is 0.377 e. The molecule has 2 aromatic rings. The number of methoxy groups -OCH3 is 3. The van der Waals surface area contributed by atoms with Crippen LogP contribution in [0.15, 0.2) is 28.7 Å². The predicted molar refractivity (Wildman–Crippen MR) is 75.0 cm³/mol. The molecule has 0 aliphatic carbocycles. The zero-order chi connectivity index (χ0) is 16.3. The van der Waals surface area contributed by atoms with E-state index in [-0.39, 0.29) is 11.3 Å². The van der Waals surface area contributed by atoms with E-state index in [4.69, 9.17) is 9.15 Å². The number of carbonyl (C=O) groups excluding carboxylic acids is 2. The molecule has 1 aromatic heterocycles. The summed E-state index contributed by atoms with van der Waals surface area (Å²) in [5, 5.41) is 10.2. The van der Waals surface area contributed by atoms with E-state index in [0.29, 0.717) is 11.3 Å². The Bertz CT molecular complexity index is 697. The molecule has 7 nitrogen and oxygen atoms in total. The minimum absolute atomic E-state index is 0.0508. The number of furan rings is 1. The summed E-state index contributed by atoms with van der Waals surface area (Å²) in [4.78, 5) is 23.4. The number of hydrogen-bond donors (Lipinski definition) is 1. The Kier molecular flexibility index (Phi) is 4.36. The van der Waals surface area contributed by atoms with E-state index in [0.717, 1.165) is 14.2 Å². The van der Waals surface area contributed by atoms with Gasteiger partial charge in [0.15, 0.2) is 5.75 Å². The van der Waals surface area contributed by atoms with Gasteiger partial charge in [0.2, 0.25) is 5.76 Å². The quantitative estimate of drug-likeness (QED) is 0.865. The largest absolute Gasteiger partial charge is 0.504 e. The van der Waals surface area contributed by atoms with Gasteiger partial charge in [-0.25, -0.2) is 9.59 Å². The van der Waals surface area contributed by atoms with Crippen molar-refractivity contribution in [2.75, 3.05) is 21.3 Å². The van der Waals surface area contributed by atoms with E-state index in [1.54, 1.807) is 24.3 Å². The van der Waals surface area contributed by atoms with Gasteiger partial charge in [-0.05, 0) is 17.7 Å². The molecule has 0 bridgehead atoms. The first-order chi connectivity index (χ1) is 10.5. The maximum absolute atomic E-state index is 11.8. The molecule has 0 saturated carbocycles. The summed E-state index contributed by atoms with van der Waals surface area (Å²) in [6.45, 7) is 0. The molecule has 0 aliphatic rings. The highest BCUT2D eigenvalue weighted by Crippen LogP contribution is 2.39. The first kappa shape index (κ1) is 15.4. The van der Waals surface area contributed by atoms with Gasteiger partial charge in [-0.3, -0.25) is 0 Å². The molecule has 116 valence electrons. The molecule has 2 rings (SSSR count). The van der Waals surface area contributed by atoms with E-state index >= 15 is 0 Å². The number of benzene rings is 1. The van der Waals surface area contributed by atoms with Crippen LogP contribution in [0.5, 0.6) is 11.5 Å². The number of esters is 2. The van der Waals surface area contributed by atoms with Crippen LogP contribution in [-0.4, -0.2) is 38.4 Å². The molecule has 1 aromatic carbocycles. The summed E-state index contributed by atoms with van der Waals surface area (Å²) in [6.07, 6.45) is 0. The smallest absolute Gasteiger partial charge is 0.377 e. The molecule has 1 heterocycles. The molecule has 0 saturated heterocycles. The lowest BCUT2D eigenvalue weighted by Gasteiger charge is -2.04. The molecule has 0 spiro atoms. The number of ether oxygens (including phenoxy) is 3. The van der Waals surface area contributed by atoms with Crippen molar-refractivity contribution in [1.29, 1.82) is 0 Å². The van der Waals surface area contributed by atoms with Crippen molar-refractivity contribution < 1.29 is 33.3 Å². The van der Waals surface area contributed by atoms with E-state index in [1.807, 2.05) is 0 Å². The monoisotopic (exact) mass is 306 g/mol. The fourth-order valence-corrected chi connectivity index (χ4v) is 1.92. The van der Waals surface area contributed by atoms with Gasteiger partial charge < -0.3 is 23.7 Å². The Balaban J connectivity index is 2.63. The summed E-state index contributed by atoms with van der Waals surface area (Å²) < 4.78 is 19.3. The average molecular weight is 306 g/mol. The van der Waals surface area contributed by atoms with Crippen molar-refractivity contribution in [3.63, 3.8) is 0 Å². The predicted octanol–water partition coefficient (Wildman–Crippen LogP) is 2.23. The van der Waals surface area contributed by atoms with Gasteiger partial charge in [0.25, 0.3) is 5.76 Å². The molecule has 0 amide bonds. The van der Waals surface area contributed by atoms with Crippen molar-refractivity contribution >= 4 is 11.9 Å². The fourth-order valence-electron chi connectivity index (χ4n) is 1.92. The van der Waals surface area contributed by atoms with Crippen molar-refractivity contribution in [2.45, 2.75) is 0 Å². The van der Waals surface area contributed by atoms with Crippen LogP contribution >= 0.6 is 0 Å². The Labute approximate surface area is 126 Å². The third-order valence-electron chi connectivity index (χ3n) is 3.00. The van der Waals surface area contributed by atoms with Crippen LogP contribution in [0.3, 0.4) is 0 Å². The van der Waals surface area contributed by atoms with Crippen LogP contribution in [0, 0.1) is 0 Å². The van der Waals surface area contributed by atoms with Gasteiger partial charge in [-0.15, -0.1) is 0 Å². The Morgan fingerprint density at radius 1 is 0.955 bits per heavy atom. The van der Waals surface area contributed by atoms with E-state index in [9.17, 15) is 14.7 Å². The van der Waals surface area contributed by atoms with Crippen molar-refractivity contribution in [3.05, 3.63) is 35.8 Å². The van der Waals surface area contributed by atoms with Crippen LogP contribution in [0.2, 0.25) is 0 Å². The standard InChI is InChI=1S/C15H14O7/c1-19-9-6-4-8(5-7-9)10-11(16)13(15(18)21-3)22-12(10)14(17)20-2/h4-7,16H,1-3H3. The molecule has 0 unspecified atom stereocenters. The van der Waals surface area contributed by atoms with Crippen molar-refractivity contribution in [2.24, 2.45) is 0 Å². The first-order valence-corrected chi connectivity index (χ1v) is 6.20. The van der Waals surface area contributed by atoms with Crippen LogP contribution < -0.4 is 4.74 Å². The van der Waals surface area contributed by atoms with Gasteiger partial charge >= 0.3 is 11.9 Å². The zero-order valence-corrected chi connectivity index (χ0v) is 12.2. The minimum atomic E-state index is -0.901. The van der Waals surface area contributed by atoms with Crippen LogP contribution in [0.25, 0.3) is 11.1 Å². The average Bonchev–Trinajstić information content (AvgIpc) is 2.90. The highest BCUT2D eigenvalue weighted by Gasteiger charge is 2.30. The SMILES string of the molecule is COC(=O)c1oc(C(=O)OC)c(-c2ccc(OC)cc2)c1O. The third kappa shape index (κ3) is 2.60. The van der Waals surface area contributed by atoms with Gasteiger partial charge in [0.05, 0.1) is 26.9 Å². The van der Waals surface area contributed by atoms with E-state index in [1.165, 1.54) is 7.11 Å². The van der Waals surface area contributed by atoms with Gasteiger partial charge in [-0.2, -0.15) is 0 Å². The Morgan fingerprint density at radius 2 is 1.50 bits per heavy atom. The summed E-state index contributed by atoms with van der Waals surface area (Å²) in [7, 11) is 3.81. The molecule has 1 N–H and O–H groups in total. The maximum atomic E-state index is 11.8. The lowest BCUT2D eigenvalue weighted by atomic mass is 10.0. The molecule has 22 heavy (non-hydrogen) atoms. The third-order valence-corrected chi connectivity index (χ3v) is 3.00. The van der Waals surface area contributed by atoms with Crippen molar-refractivity contribution in [3.8, 4) is 22.6 Å². The Morgan fingerprint density at radius 3 is 2.00 bits per heavy atom. The first-order valence-electron chi connectivity index (χ1n) is 6.20. The van der Waals surface area contributed by atoms with Crippen LogP contribution in [0.1, 0.15) is 21.1 Å². The lowest BCUT2D eigenvalue weighted by Crippen LogP contribution is -2.02. The number of carbonyl (C=O) groups is 2. The summed E-state index contributed by atoms with van der Waals surface area (Å²) in [5.74, 6) is -2.37. The van der Waals surface area contributed by atoms with Gasteiger partial charge in [0, 0.05) is 0 Å². The number of aromatic hydroxyl groups is 1. The number of rotatable bonds is 4. The topological polar surface area (TPSA) is 95.2 Å². The van der Waals surface area contributed by atoms with Crippen LogP contribution in [0.4, 0.5) is 0 Å². The normalized spacial score (nSPS) is 10.1. The second kappa shape index (κ2) is 6.21. The molecule has 0 fully saturated rings. The minimum Gasteiger partial charge on any atom is -0.504 e. The fraction of sp³-hybridized carbons (Fsp3) is 0.200. The Hall–Kier alpha value is -2.96. The molecular formula is C15H14O7. The molecular weight excluding hydrogens is 292 g/mol. The van der Waals surface area contributed by atoms with E-state index in [2.05, 4.69) is 9.47 Å². The van der Waals surface area contributed by atoms with E-state index < -0.39 is 23.4 Å². The molecule has 7 heteroatoms. The number of hydrogen-bond acceptors (Lipinski definition) is 7. The highest BCUT2D eigenvalue weighted by atomic mass is 16.6. The van der Waals surface area contributed by atoms with Gasteiger partial charge in [0.1, 0.15) is 5.75 Å². The zero-order valence-electron chi connectivity index (χ0n) is 12.2. The van der Waals surface area contributed by atoms with Crippen molar-refractivity contribution in [1.82, 2.24) is 0 Å². The summed E-state index contributed by atoms with van der Waals surface area (Å²) in [5.41, 5.74) is 0.507. The van der Waals surface area contributed by atoms with Gasteiger partial charge in [-0.1, -0.05) is 12.1 Å². The molecule has 0 atom stereocenters. The molecule has 0 radical (unpaired) electrons. The second-order valence-electron chi connectivity index (χ2n) is 4.20. The van der Waals surface area contributed by atoms with Crippen LogP contribution in [-0.2, 0) is 9.47 Å². The molecule has 0 aliphatic heterocycles. The summed E-state index contributed by atoms with van der Waals surface area (Å²) in [6, 6.07) is 6.50.